The van der Waals surface area contributed by atoms with Crippen LogP contribution in [0.1, 0.15) is 11.6 Å². The number of carbonyl (C=O) groups excluding carboxylic acids is 1. The third-order valence-electron chi connectivity index (χ3n) is 1.82. The summed E-state index contributed by atoms with van der Waals surface area (Å²) < 4.78 is 42.3. The maximum absolute atomic E-state index is 12.7. The summed E-state index contributed by atoms with van der Waals surface area (Å²) in [5.41, 5.74) is 5.12. The highest BCUT2D eigenvalue weighted by atomic mass is 19.2. The van der Waals surface area contributed by atoms with Crippen LogP contribution in [-0.4, -0.2) is 13.1 Å². The monoisotopic (exact) mass is 219 g/mol. The van der Waals surface area contributed by atoms with Crippen LogP contribution in [0.2, 0.25) is 0 Å². The van der Waals surface area contributed by atoms with E-state index in [1.54, 1.807) is 0 Å². The van der Waals surface area contributed by atoms with Gasteiger partial charge in [0.25, 0.3) is 0 Å². The van der Waals surface area contributed by atoms with Gasteiger partial charge in [-0.2, -0.15) is 0 Å². The summed E-state index contributed by atoms with van der Waals surface area (Å²) in [5.74, 6) is -5.26. The van der Waals surface area contributed by atoms with Crippen LogP contribution in [0.25, 0.3) is 0 Å². The number of hydrogen-bond donors (Lipinski definition) is 1. The SMILES string of the molecule is COC(=O)C(N)c1cc(F)c(F)c(F)c1. The predicted octanol–water partition coefficient (Wildman–Crippen LogP) is 1.28. The van der Waals surface area contributed by atoms with Crippen molar-refractivity contribution in [3.05, 3.63) is 35.1 Å². The lowest BCUT2D eigenvalue weighted by atomic mass is 10.1. The molecule has 0 spiro atoms. The first-order valence-corrected chi connectivity index (χ1v) is 3.95. The molecule has 15 heavy (non-hydrogen) atoms. The van der Waals surface area contributed by atoms with Gasteiger partial charge in [-0.05, 0) is 17.7 Å². The van der Waals surface area contributed by atoms with Crippen LogP contribution in [0.15, 0.2) is 12.1 Å². The van der Waals surface area contributed by atoms with Crippen LogP contribution in [0.5, 0.6) is 0 Å². The molecule has 0 aliphatic carbocycles. The van der Waals surface area contributed by atoms with Crippen molar-refractivity contribution in [1.82, 2.24) is 0 Å². The number of methoxy groups -OCH3 is 1. The first-order chi connectivity index (χ1) is 6.97. The van der Waals surface area contributed by atoms with Crippen LogP contribution in [-0.2, 0) is 9.53 Å². The fourth-order valence-electron chi connectivity index (χ4n) is 1.02. The van der Waals surface area contributed by atoms with Crippen LogP contribution in [0.4, 0.5) is 13.2 Å². The molecule has 1 unspecified atom stereocenters. The second-order valence-electron chi connectivity index (χ2n) is 2.80. The molecule has 1 aromatic carbocycles. The molecule has 0 bridgehead atoms. The maximum atomic E-state index is 12.7. The minimum atomic E-state index is -1.60. The predicted molar refractivity (Wildman–Crippen MR) is 45.3 cm³/mol. The van der Waals surface area contributed by atoms with Gasteiger partial charge < -0.3 is 10.5 Å². The Morgan fingerprint density at radius 1 is 1.33 bits per heavy atom. The smallest absolute Gasteiger partial charge is 0.327 e. The summed E-state index contributed by atoms with van der Waals surface area (Å²) in [6.07, 6.45) is 0. The molecule has 0 aliphatic heterocycles. The molecule has 1 atom stereocenters. The first-order valence-electron chi connectivity index (χ1n) is 3.95. The zero-order valence-electron chi connectivity index (χ0n) is 7.76. The minimum absolute atomic E-state index is 0.182. The van der Waals surface area contributed by atoms with Crippen molar-refractivity contribution < 1.29 is 22.7 Å². The van der Waals surface area contributed by atoms with E-state index in [4.69, 9.17) is 5.73 Å². The molecular formula is C9H8F3NO2. The van der Waals surface area contributed by atoms with Gasteiger partial charge in [0.1, 0.15) is 6.04 Å². The highest BCUT2D eigenvalue weighted by Crippen LogP contribution is 2.18. The number of esters is 1. The fraction of sp³-hybridized carbons (Fsp3) is 0.222. The van der Waals surface area contributed by atoms with Crippen molar-refractivity contribution in [2.24, 2.45) is 5.73 Å². The number of hydrogen-bond acceptors (Lipinski definition) is 3. The topological polar surface area (TPSA) is 52.3 Å². The van der Waals surface area contributed by atoms with E-state index in [1.807, 2.05) is 0 Å². The Hall–Kier alpha value is -1.56. The first kappa shape index (κ1) is 11.5. The third-order valence-corrected chi connectivity index (χ3v) is 1.82. The highest BCUT2D eigenvalue weighted by Gasteiger charge is 2.20. The average Bonchev–Trinajstić information content (AvgIpc) is 2.23. The van der Waals surface area contributed by atoms with Crippen molar-refractivity contribution in [1.29, 1.82) is 0 Å². The largest absolute Gasteiger partial charge is 0.468 e. The van der Waals surface area contributed by atoms with Gasteiger partial charge >= 0.3 is 5.97 Å². The van der Waals surface area contributed by atoms with Crippen molar-refractivity contribution in [2.75, 3.05) is 7.11 Å². The molecule has 1 aromatic rings. The quantitative estimate of drug-likeness (QED) is 0.602. The number of halogens is 3. The molecule has 0 saturated carbocycles. The summed E-state index contributed by atoms with van der Waals surface area (Å²) in [4.78, 5) is 10.9. The fourth-order valence-corrected chi connectivity index (χ4v) is 1.02. The Morgan fingerprint density at radius 2 is 1.80 bits per heavy atom. The zero-order chi connectivity index (χ0) is 11.6. The Balaban J connectivity index is 3.11. The molecule has 0 saturated heterocycles. The molecule has 0 fully saturated rings. The molecule has 6 heteroatoms. The van der Waals surface area contributed by atoms with E-state index in [0.29, 0.717) is 12.1 Å². The standard InChI is InChI=1S/C9H8F3NO2/c1-15-9(14)8(13)4-2-5(10)7(12)6(11)3-4/h2-3,8H,13H2,1H3. The second-order valence-corrected chi connectivity index (χ2v) is 2.80. The van der Waals surface area contributed by atoms with E-state index < -0.39 is 29.5 Å². The van der Waals surface area contributed by atoms with Gasteiger partial charge in [-0.15, -0.1) is 0 Å². The Morgan fingerprint density at radius 3 is 2.20 bits per heavy atom. The second kappa shape index (κ2) is 4.31. The third kappa shape index (κ3) is 2.27. The van der Waals surface area contributed by atoms with E-state index in [0.717, 1.165) is 7.11 Å². The summed E-state index contributed by atoms with van der Waals surface area (Å²) in [5, 5.41) is 0. The summed E-state index contributed by atoms with van der Waals surface area (Å²) in [6.45, 7) is 0. The van der Waals surface area contributed by atoms with Gasteiger partial charge in [0.05, 0.1) is 7.11 Å². The Labute approximate surface area is 83.6 Å². The lowest BCUT2D eigenvalue weighted by Crippen LogP contribution is -2.23. The Bertz CT molecular complexity index is 372. The molecule has 0 heterocycles. The molecule has 0 aromatic heterocycles. The zero-order valence-corrected chi connectivity index (χ0v) is 7.76. The molecular weight excluding hydrogens is 211 g/mol. The number of ether oxygens (including phenoxy) is 1. The van der Waals surface area contributed by atoms with E-state index in [-0.39, 0.29) is 5.56 Å². The number of nitrogens with two attached hydrogens (primary N) is 1. The van der Waals surface area contributed by atoms with Gasteiger partial charge in [0.15, 0.2) is 17.5 Å². The molecule has 0 amide bonds. The summed E-state index contributed by atoms with van der Waals surface area (Å²) in [7, 11) is 1.08. The molecule has 3 nitrogen and oxygen atoms in total. The van der Waals surface area contributed by atoms with E-state index in [1.165, 1.54) is 0 Å². The molecule has 0 radical (unpaired) electrons. The summed E-state index contributed by atoms with van der Waals surface area (Å²) >= 11 is 0. The lowest BCUT2D eigenvalue weighted by molar-refractivity contribution is -0.142. The van der Waals surface area contributed by atoms with E-state index in [2.05, 4.69) is 4.74 Å². The van der Waals surface area contributed by atoms with Crippen molar-refractivity contribution in [2.45, 2.75) is 6.04 Å². The average molecular weight is 219 g/mol. The van der Waals surface area contributed by atoms with Gasteiger partial charge in [0.2, 0.25) is 0 Å². The number of rotatable bonds is 2. The minimum Gasteiger partial charge on any atom is -0.468 e. The van der Waals surface area contributed by atoms with E-state index in [9.17, 15) is 18.0 Å². The van der Waals surface area contributed by atoms with E-state index >= 15 is 0 Å². The van der Waals surface area contributed by atoms with Crippen molar-refractivity contribution >= 4 is 5.97 Å². The van der Waals surface area contributed by atoms with Gasteiger partial charge in [-0.25, -0.2) is 13.2 Å². The van der Waals surface area contributed by atoms with Crippen LogP contribution < -0.4 is 5.73 Å². The van der Waals surface area contributed by atoms with Crippen molar-refractivity contribution in [3.63, 3.8) is 0 Å². The number of benzene rings is 1. The molecule has 82 valence electrons. The lowest BCUT2D eigenvalue weighted by Gasteiger charge is -2.09. The molecule has 0 aliphatic rings. The van der Waals surface area contributed by atoms with Gasteiger partial charge in [0, 0.05) is 0 Å². The molecule has 1 rings (SSSR count). The Kier molecular flexibility index (Phi) is 3.31. The van der Waals surface area contributed by atoms with Crippen LogP contribution in [0, 0.1) is 17.5 Å². The molecule has 2 N–H and O–H groups in total. The summed E-state index contributed by atoms with van der Waals surface area (Å²) in [6, 6.07) is -0.0281. The number of carbonyl (C=O) groups is 1. The van der Waals surface area contributed by atoms with Crippen molar-refractivity contribution in [3.8, 4) is 0 Å². The van der Waals surface area contributed by atoms with Crippen LogP contribution in [0.3, 0.4) is 0 Å². The normalized spacial score (nSPS) is 12.3. The highest BCUT2D eigenvalue weighted by molar-refractivity contribution is 5.77. The van der Waals surface area contributed by atoms with Crippen LogP contribution >= 0.6 is 0 Å². The van der Waals surface area contributed by atoms with Gasteiger partial charge in [-0.3, -0.25) is 4.79 Å². The van der Waals surface area contributed by atoms with Gasteiger partial charge in [-0.1, -0.05) is 0 Å². The maximum Gasteiger partial charge on any atom is 0.327 e.